The van der Waals surface area contributed by atoms with Gasteiger partial charge in [-0.15, -0.1) is 0 Å². The maximum atomic E-state index is 11.7. The van der Waals surface area contributed by atoms with Crippen molar-refractivity contribution in [3.05, 3.63) is 35.9 Å². The van der Waals surface area contributed by atoms with Crippen LogP contribution in [0.1, 0.15) is 30.1 Å². The van der Waals surface area contributed by atoms with E-state index in [1.54, 1.807) is 18.5 Å². The number of aliphatic carboxylic acids is 1. The first kappa shape index (κ1) is 16.0. The zero-order chi connectivity index (χ0) is 17.2. The van der Waals surface area contributed by atoms with Gasteiger partial charge in [0.05, 0.1) is 11.6 Å². The molecule has 1 saturated heterocycles. The topological polar surface area (TPSA) is 98.2 Å². The number of carbonyl (C=O) groups is 1. The number of hydrogen-bond acceptors (Lipinski definition) is 6. The van der Waals surface area contributed by atoms with Crippen LogP contribution in [-0.4, -0.2) is 62.3 Å². The number of anilines is 1. The number of nitrogens with one attached hydrogen (secondary N) is 1. The van der Waals surface area contributed by atoms with Crippen molar-refractivity contribution in [3.8, 4) is 0 Å². The Morgan fingerprint density at radius 1 is 1.24 bits per heavy atom. The first-order valence-electron chi connectivity index (χ1n) is 8.70. The van der Waals surface area contributed by atoms with E-state index in [9.17, 15) is 9.90 Å². The highest BCUT2D eigenvalue weighted by Gasteiger charge is 2.30. The molecule has 1 atom stereocenters. The summed E-state index contributed by atoms with van der Waals surface area (Å²) in [6.07, 6.45) is 5.82. The van der Waals surface area contributed by atoms with Gasteiger partial charge in [-0.25, -0.2) is 9.97 Å². The molecule has 2 N–H and O–H groups in total. The molecule has 1 unspecified atom stereocenters. The molecular weight excluding hydrogens is 320 g/mol. The maximum Gasteiger partial charge on any atom is 0.309 e. The molecule has 8 heteroatoms. The van der Waals surface area contributed by atoms with Crippen molar-refractivity contribution in [3.63, 3.8) is 0 Å². The first-order valence-corrected chi connectivity index (χ1v) is 8.70. The summed E-state index contributed by atoms with van der Waals surface area (Å²) in [6.45, 7) is 3.09. The molecule has 0 bridgehead atoms. The van der Waals surface area contributed by atoms with Gasteiger partial charge in [0.15, 0.2) is 0 Å². The molecule has 1 saturated carbocycles. The van der Waals surface area contributed by atoms with Gasteiger partial charge in [-0.05, 0) is 25.0 Å². The van der Waals surface area contributed by atoms with E-state index in [2.05, 4.69) is 31.1 Å². The largest absolute Gasteiger partial charge is 0.481 e. The molecule has 4 rings (SSSR count). The fourth-order valence-corrected chi connectivity index (χ4v) is 3.31. The van der Waals surface area contributed by atoms with Crippen molar-refractivity contribution < 1.29 is 9.90 Å². The van der Waals surface area contributed by atoms with E-state index in [-0.39, 0.29) is 0 Å². The number of rotatable bonds is 5. The molecule has 1 aliphatic heterocycles. The fraction of sp³-hybridized carbons (Fsp3) is 0.529. The van der Waals surface area contributed by atoms with Crippen LogP contribution in [-0.2, 0) is 11.3 Å². The SMILES string of the molecule is O=C(O)C1CN(Cc2cc(C3CC3)n[nH]2)CCN(c2ncccn2)C1. The van der Waals surface area contributed by atoms with Crippen LogP contribution in [0.25, 0.3) is 0 Å². The number of aromatic amines is 1. The Labute approximate surface area is 145 Å². The normalized spacial score (nSPS) is 21.9. The third-order valence-corrected chi connectivity index (χ3v) is 4.83. The maximum absolute atomic E-state index is 11.7. The van der Waals surface area contributed by atoms with Gasteiger partial charge in [0.1, 0.15) is 0 Å². The molecule has 0 spiro atoms. The lowest BCUT2D eigenvalue weighted by atomic mass is 10.1. The molecule has 0 radical (unpaired) electrons. The van der Waals surface area contributed by atoms with Crippen LogP contribution < -0.4 is 4.90 Å². The number of carboxylic acids is 1. The minimum absolute atomic E-state index is 0.423. The average molecular weight is 342 g/mol. The summed E-state index contributed by atoms with van der Waals surface area (Å²) in [5, 5.41) is 17.1. The van der Waals surface area contributed by atoms with Crippen molar-refractivity contribution in [1.82, 2.24) is 25.1 Å². The van der Waals surface area contributed by atoms with Crippen LogP contribution in [0.15, 0.2) is 24.5 Å². The third-order valence-electron chi connectivity index (χ3n) is 4.83. The number of nitrogens with zero attached hydrogens (tertiary/aromatic N) is 5. The quantitative estimate of drug-likeness (QED) is 0.839. The molecule has 8 nitrogen and oxygen atoms in total. The number of carboxylic acid groups (broad SMARTS) is 1. The minimum atomic E-state index is -0.781. The predicted molar refractivity (Wildman–Crippen MR) is 91.2 cm³/mol. The van der Waals surface area contributed by atoms with Gasteiger partial charge >= 0.3 is 5.97 Å². The monoisotopic (exact) mass is 342 g/mol. The van der Waals surface area contributed by atoms with Crippen molar-refractivity contribution in [2.24, 2.45) is 5.92 Å². The molecule has 0 amide bonds. The highest BCUT2D eigenvalue weighted by Crippen LogP contribution is 2.39. The number of H-pyrrole nitrogens is 1. The van der Waals surface area contributed by atoms with E-state index < -0.39 is 11.9 Å². The third kappa shape index (κ3) is 3.79. The van der Waals surface area contributed by atoms with Gasteiger partial charge in [0, 0.05) is 56.7 Å². The van der Waals surface area contributed by atoms with Gasteiger partial charge in [-0.3, -0.25) is 14.8 Å². The lowest BCUT2D eigenvalue weighted by molar-refractivity contribution is -0.141. The molecule has 2 fully saturated rings. The Morgan fingerprint density at radius 3 is 2.76 bits per heavy atom. The molecular formula is C17H22N6O2. The lowest BCUT2D eigenvalue weighted by Gasteiger charge is -2.21. The second-order valence-electron chi connectivity index (χ2n) is 6.86. The summed E-state index contributed by atoms with van der Waals surface area (Å²) in [5.74, 6) is -0.0481. The van der Waals surface area contributed by atoms with Crippen molar-refractivity contribution in [2.45, 2.75) is 25.3 Å². The first-order chi connectivity index (χ1) is 12.2. The van der Waals surface area contributed by atoms with Crippen LogP contribution in [0.3, 0.4) is 0 Å². The van der Waals surface area contributed by atoms with Gasteiger partial charge in [-0.1, -0.05) is 0 Å². The van der Waals surface area contributed by atoms with Crippen LogP contribution in [0.5, 0.6) is 0 Å². The Kier molecular flexibility index (Phi) is 4.35. The minimum Gasteiger partial charge on any atom is -0.481 e. The molecule has 2 aromatic rings. The van der Waals surface area contributed by atoms with Gasteiger partial charge in [0.25, 0.3) is 0 Å². The van der Waals surface area contributed by atoms with Crippen LogP contribution in [0.2, 0.25) is 0 Å². The van der Waals surface area contributed by atoms with Crippen molar-refractivity contribution in [1.29, 1.82) is 0 Å². The molecule has 132 valence electrons. The Balaban J connectivity index is 1.46. The van der Waals surface area contributed by atoms with E-state index in [4.69, 9.17) is 0 Å². The fourth-order valence-electron chi connectivity index (χ4n) is 3.31. The molecule has 0 aromatic carbocycles. The van der Waals surface area contributed by atoms with E-state index >= 15 is 0 Å². The second kappa shape index (κ2) is 6.79. The lowest BCUT2D eigenvalue weighted by Crippen LogP contribution is -2.35. The Morgan fingerprint density at radius 2 is 2.04 bits per heavy atom. The van der Waals surface area contributed by atoms with Crippen LogP contribution >= 0.6 is 0 Å². The summed E-state index contributed by atoms with van der Waals surface area (Å²) in [6, 6.07) is 3.88. The highest BCUT2D eigenvalue weighted by atomic mass is 16.4. The summed E-state index contributed by atoms with van der Waals surface area (Å²) in [4.78, 5) is 24.3. The zero-order valence-corrected chi connectivity index (χ0v) is 14.0. The smallest absolute Gasteiger partial charge is 0.309 e. The van der Waals surface area contributed by atoms with E-state index in [0.29, 0.717) is 38.0 Å². The summed E-state index contributed by atoms with van der Waals surface area (Å²) < 4.78 is 0. The van der Waals surface area contributed by atoms with E-state index in [0.717, 1.165) is 17.9 Å². The summed E-state index contributed by atoms with van der Waals surface area (Å²) in [7, 11) is 0. The molecule has 2 aromatic heterocycles. The van der Waals surface area contributed by atoms with E-state index in [1.165, 1.54) is 12.8 Å². The van der Waals surface area contributed by atoms with Gasteiger partial charge in [0.2, 0.25) is 5.95 Å². The standard InChI is InChI=1S/C17H22N6O2/c24-16(25)13-9-22(11-14-8-15(21-20-14)12-2-3-12)6-7-23(10-13)17-18-4-1-5-19-17/h1,4-5,8,12-13H,2-3,6-7,9-11H2,(H,20,21)(H,24,25). The van der Waals surface area contributed by atoms with Gasteiger partial charge in [-0.2, -0.15) is 5.10 Å². The van der Waals surface area contributed by atoms with E-state index in [1.807, 2.05) is 4.90 Å². The Hall–Kier alpha value is -2.48. The summed E-state index contributed by atoms with van der Waals surface area (Å²) >= 11 is 0. The van der Waals surface area contributed by atoms with Crippen LogP contribution in [0, 0.1) is 5.92 Å². The summed E-state index contributed by atoms with van der Waals surface area (Å²) in [5.41, 5.74) is 2.19. The molecule has 25 heavy (non-hydrogen) atoms. The average Bonchev–Trinajstić information content (AvgIpc) is 3.40. The predicted octanol–water partition coefficient (Wildman–Crippen LogP) is 1.10. The second-order valence-corrected chi connectivity index (χ2v) is 6.86. The Bertz CT molecular complexity index is 730. The van der Waals surface area contributed by atoms with Gasteiger partial charge < -0.3 is 10.0 Å². The van der Waals surface area contributed by atoms with Crippen molar-refractivity contribution >= 4 is 11.9 Å². The number of hydrogen-bond donors (Lipinski definition) is 2. The highest BCUT2D eigenvalue weighted by molar-refractivity contribution is 5.71. The molecule has 2 aliphatic rings. The van der Waals surface area contributed by atoms with Crippen molar-refractivity contribution in [2.75, 3.05) is 31.1 Å². The molecule has 1 aliphatic carbocycles. The molecule has 3 heterocycles. The van der Waals surface area contributed by atoms with Crippen LogP contribution in [0.4, 0.5) is 5.95 Å². The number of aromatic nitrogens is 4. The zero-order valence-electron chi connectivity index (χ0n) is 14.0.